The second-order valence-corrected chi connectivity index (χ2v) is 18.0. The van der Waals surface area contributed by atoms with Gasteiger partial charge in [0.25, 0.3) is 0 Å². The van der Waals surface area contributed by atoms with E-state index in [1.54, 1.807) is 0 Å². The summed E-state index contributed by atoms with van der Waals surface area (Å²) in [5.41, 5.74) is 13.9. The Bertz CT molecular complexity index is 4680. The Kier molecular flexibility index (Phi) is 7.47. The number of aromatic nitrogens is 5. The molecule has 10 aromatic carbocycles. The van der Waals surface area contributed by atoms with Crippen molar-refractivity contribution in [3.05, 3.63) is 249 Å². The van der Waals surface area contributed by atoms with Crippen molar-refractivity contribution in [1.29, 1.82) is 0 Å². The predicted molar refractivity (Wildman–Crippen MR) is 292 cm³/mol. The lowest BCUT2D eigenvalue weighted by Crippen LogP contribution is -2.06. The van der Waals surface area contributed by atoms with Crippen LogP contribution in [0.5, 0.6) is 0 Å². The molecule has 0 aliphatic carbocycles. The third-order valence-corrected chi connectivity index (χ3v) is 14.3. The van der Waals surface area contributed by atoms with Crippen LogP contribution in [0.15, 0.2) is 249 Å². The largest absolute Gasteiger partial charge is 0.309 e. The summed E-state index contributed by atoms with van der Waals surface area (Å²) >= 11 is 0. The first-order valence-corrected chi connectivity index (χ1v) is 23.6. The molecule has 0 atom stereocenters. The third kappa shape index (κ3) is 5.57. The van der Waals surface area contributed by atoms with Crippen LogP contribution < -0.4 is 0 Å². The number of para-hydroxylation sites is 8. The van der Waals surface area contributed by atoms with Gasteiger partial charge in [-0.05, 0) is 83.9 Å². The lowest BCUT2D eigenvalue weighted by Gasteiger charge is -2.20. The van der Waals surface area contributed by atoms with Gasteiger partial charge in [0, 0.05) is 60.4 Å². The number of hydrogen-bond acceptors (Lipinski definition) is 1. The van der Waals surface area contributed by atoms with Gasteiger partial charge in [-0.3, -0.25) is 4.57 Å². The zero-order valence-electron chi connectivity index (χ0n) is 41.6. The Balaban J connectivity index is 1.07. The monoisotopic (exact) mass is 895 g/mol. The van der Waals surface area contributed by atoms with Crippen molar-refractivity contribution in [2.75, 3.05) is 0 Å². The van der Waals surface area contributed by atoms with Gasteiger partial charge in [0.15, 0.2) is 0 Å². The summed E-state index contributed by atoms with van der Waals surface area (Å²) in [6.07, 6.45) is 0. The minimum atomic E-state index is -0.298. The molecule has 5 nitrogen and oxygen atoms in total. The van der Waals surface area contributed by atoms with Crippen molar-refractivity contribution in [2.45, 2.75) is 0 Å². The highest BCUT2D eigenvalue weighted by molar-refractivity contribution is 6.13. The molecule has 0 aliphatic heterocycles. The fraction of sp³-hybridized carbons (Fsp3) is 0. The molecule has 5 heterocycles. The molecule has 0 saturated heterocycles. The number of benzene rings is 10. The smallest absolute Gasteiger partial charge is 0.140 e. The molecule has 15 rings (SSSR count). The van der Waals surface area contributed by atoms with Crippen LogP contribution >= 0.6 is 0 Å². The summed E-state index contributed by atoms with van der Waals surface area (Å²) in [6, 6.07) is 77.9. The quantitative estimate of drug-likeness (QED) is 0.164. The minimum Gasteiger partial charge on any atom is -0.309 e. The number of fused-ring (bicyclic) bond motifs is 12. The van der Waals surface area contributed by atoms with Crippen LogP contribution in [0.25, 0.3) is 132 Å². The predicted octanol–water partition coefficient (Wildman–Crippen LogP) is 16.8. The summed E-state index contributed by atoms with van der Waals surface area (Å²) in [5, 5.41) is 8.09. The van der Waals surface area contributed by atoms with E-state index in [9.17, 15) is 2.74 Å². The molecule has 0 spiro atoms. The number of nitrogens with zero attached hydrogens (tertiary/aromatic N) is 5. The van der Waals surface area contributed by atoms with E-state index >= 15 is 0 Å². The van der Waals surface area contributed by atoms with E-state index in [0.29, 0.717) is 22.4 Å². The molecule has 70 heavy (non-hydrogen) atoms. The van der Waals surface area contributed by atoms with E-state index < -0.39 is 0 Å². The Morgan fingerprint density at radius 3 is 1.23 bits per heavy atom. The van der Waals surface area contributed by atoms with Gasteiger partial charge >= 0.3 is 0 Å². The van der Waals surface area contributed by atoms with Gasteiger partial charge in [-0.2, -0.15) is 0 Å². The molecule has 15 aromatic rings. The van der Waals surface area contributed by atoms with Crippen molar-refractivity contribution < 1.29 is 5.48 Å². The average molecular weight is 896 g/mol. The van der Waals surface area contributed by atoms with E-state index in [0.717, 1.165) is 99.3 Å². The van der Waals surface area contributed by atoms with Crippen LogP contribution in [0.3, 0.4) is 0 Å². The first-order valence-electron chi connectivity index (χ1n) is 25.6. The van der Waals surface area contributed by atoms with Crippen molar-refractivity contribution in [1.82, 2.24) is 23.3 Å². The normalized spacial score (nSPS) is 12.8. The van der Waals surface area contributed by atoms with Gasteiger partial charge in [-0.15, -0.1) is 0 Å². The molecule has 5 aromatic heterocycles. The maximum Gasteiger partial charge on any atom is 0.140 e. The van der Waals surface area contributed by atoms with Crippen LogP contribution in [0.4, 0.5) is 0 Å². The first kappa shape index (κ1) is 34.8. The van der Waals surface area contributed by atoms with E-state index in [4.69, 9.17) is 7.73 Å². The highest BCUT2D eigenvalue weighted by atomic mass is 15.1. The standard InChI is InChI=1S/C65H41N5/c1-9-27-55-46(18-1)47-19-2-10-28-56(47)67(55)43-38-36-42(37-39-43)45-26-17-35-63(69-59-31-13-5-22-50(59)51-23-6-14-32-60(51)69)65(45)54-40-44(68-57-29-11-3-20-48(57)49-21-4-12-30-58(49)68)41-64(66-54)70-61-33-15-7-24-52(61)53-25-8-16-34-62(53)70/h1-41H/i7D,15D,24D,33D. The van der Waals surface area contributed by atoms with Crippen LogP contribution in [-0.2, 0) is 0 Å². The summed E-state index contributed by atoms with van der Waals surface area (Å²) in [7, 11) is 0. The molecule has 326 valence electrons. The Morgan fingerprint density at radius 2 is 0.729 bits per heavy atom. The fourth-order valence-corrected chi connectivity index (χ4v) is 11.4. The maximum atomic E-state index is 9.51. The van der Waals surface area contributed by atoms with Crippen molar-refractivity contribution >= 4 is 87.2 Å². The van der Waals surface area contributed by atoms with Gasteiger partial charge in [0.1, 0.15) is 5.82 Å². The Morgan fingerprint density at radius 1 is 0.314 bits per heavy atom. The van der Waals surface area contributed by atoms with Crippen molar-refractivity contribution in [3.8, 4) is 45.3 Å². The van der Waals surface area contributed by atoms with E-state index in [1.165, 1.54) is 10.8 Å². The highest BCUT2D eigenvalue weighted by Crippen LogP contribution is 2.44. The summed E-state index contributed by atoms with van der Waals surface area (Å²) in [4.78, 5) is 5.76. The first-order chi connectivity index (χ1) is 36.4. The third-order valence-electron chi connectivity index (χ3n) is 14.3. The lowest BCUT2D eigenvalue weighted by molar-refractivity contribution is 1.06. The number of rotatable bonds is 6. The van der Waals surface area contributed by atoms with Gasteiger partial charge in [0.05, 0.1) is 66.7 Å². The molecule has 0 amide bonds. The molecule has 0 fully saturated rings. The molecule has 0 saturated carbocycles. The van der Waals surface area contributed by atoms with Crippen LogP contribution in [0.1, 0.15) is 5.48 Å². The Hall–Kier alpha value is -9.45. The summed E-state index contributed by atoms with van der Waals surface area (Å²) in [6.45, 7) is 0. The van der Waals surface area contributed by atoms with Crippen LogP contribution in [0.2, 0.25) is 0 Å². The molecule has 0 unspecified atom stereocenters. The minimum absolute atomic E-state index is 0.0851. The highest BCUT2D eigenvalue weighted by Gasteiger charge is 2.24. The molecule has 5 heteroatoms. The number of hydrogen-bond donors (Lipinski definition) is 0. The SMILES string of the molecule is [2H]c1c([2H])c([2H])c2c(c1[2H])c1ccccc1n2-c1cc(-n2c3ccccc3c3ccccc32)cc(-c2c(-c3ccc(-n4c5ccccc5c5ccccc54)cc3)cccc2-n2c3ccccc3c3ccccc32)n1. The molecular formula is C65H41N5. The van der Waals surface area contributed by atoms with Crippen molar-refractivity contribution in [2.24, 2.45) is 0 Å². The van der Waals surface area contributed by atoms with Gasteiger partial charge in [-0.1, -0.05) is 170 Å². The lowest BCUT2D eigenvalue weighted by atomic mass is 9.94. The summed E-state index contributed by atoms with van der Waals surface area (Å²) in [5.74, 6) is 0.514. The zero-order valence-corrected chi connectivity index (χ0v) is 37.6. The second-order valence-electron chi connectivity index (χ2n) is 18.0. The van der Waals surface area contributed by atoms with E-state index in [-0.39, 0.29) is 24.2 Å². The molecule has 0 N–H and O–H groups in total. The topological polar surface area (TPSA) is 32.6 Å². The zero-order chi connectivity index (χ0) is 49.3. The molecule has 0 aliphatic rings. The van der Waals surface area contributed by atoms with Crippen molar-refractivity contribution in [3.63, 3.8) is 0 Å². The van der Waals surface area contributed by atoms with Crippen LogP contribution in [-0.4, -0.2) is 23.3 Å². The van der Waals surface area contributed by atoms with E-state index in [2.05, 4.69) is 214 Å². The molecule has 0 radical (unpaired) electrons. The van der Waals surface area contributed by atoms with Gasteiger partial charge in [0.2, 0.25) is 0 Å². The maximum absolute atomic E-state index is 9.51. The van der Waals surface area contributed by atoms with Crippen LogP contribution in [0, 0.1) is 0 Å². The van der Waals surface area contributed by atoms with E-state index in [1.807, 2.05) is 28.8 Å². The molecular weight excluding hydrogens is 851 g/mol. The van der Waals surface area contributed by atoms with Gasteiger partial charge in [-0.25, -0.2) is 4.98 Å². The molecule has 0 bridgehead atoms. The Labute approximate surface area is 408 Å². The second kappa shape index (κ2) is 15.0. The average Bonchev–Trinajstić information content (AvgIpc) is 4.20. The van der Waals surface area contributed by atoms with Gasteiger partial charge < -0.3 is 13.7 Å². The summed E-state index contributed by atoms with van der Waals surface area (Å²) < 4.78 is 45.5. The fourth-order valence-electron chi connectivity index (χ4n) is 11.4. The number of pyridine rings is 1.